The molecular weight excluding hydrogens is 425 g/mol. The monoisotopic (exact) mass is 451 g/mol. The van der Waals surface area contributed by atoms with E-state index < -0.39 is 28.6 Å². The highest BCUT2D eigenvalue weighted by Gasteiger charge is 2.37. The van der Waals surface area contributed by atoms with Crippen LogP contribution in [0.5, 0.6) is 5.75 Å². The Morgan fingerprint density at radius 1 is 1.13 bits per heavy atom. The molecule has 2 aromatic rings. The molecule has 1 amide bonds. The first kappa shape index (κ1) is 23.2. The van der Waals surface area contributed by atoms with E-state index in [2.05, 4.69) is 4.18 Å². The van der Waals surface area contributed by atoms with Crippen LogP contribution in [0.1, 0.15) is 27.0 Å². The van der Waals surface area contributed by atoms with Crippen LogP contribution in [-0.4, -0.2) is 57.9 Å². The van der Waals surface area contributed by atoms with E-state index in [9.17, 15) is 17.6 Å². The number of methoxy groups -OCH3 is 1. The van der Waals surface area contributed by atoms with Gasteiger partial charge in [-0.05, 0) is 43.7 Å². The van der Waals surface area contributed by atoms with Gasteiger partial charge in [0.2, 0.25) is 0 Å². The summed E-state index contributed by atoms with van der Waals surface area (Å²) in [6.07, 6.45) is 0.0668. The highest BCUT2D eigenvalue weighted by Crippen LogP contribution is 2.25. The Morgan fingerprint density at radius 2 is 1.84 bits per heavy atom. The van der Waals surface area contributed by atoms with Crippen molar-refractivity contribution in [1.29, 1.82) is 0 Å². The van der Waals surface area contributed by atoms with Crippen LogP contribution in [0.15, 0.2) is 36.4 Å². The molecule has 1 fully saturated rings. The first-order valence-corrected chi connectivity index (χ1v) is 11.6. The van der Waals surface area contributed by atoms with Gasteiger partial charge in [-0.25, -0.2) is 4.39 Å². The molecule has 9 heteroatoms. The maximum absolute atomic E-state index is 14.0. The lowest BCUT2D eigenvalue weighted by atomic mass is 10.0. The van der Waals surface area contributed by atoms with Crippen LogP contribution in [0, 0.1) is 19.7 Å². The van der Waals surface area contributed by atoms with E-state index in [0.717, 1.165) is 17.4 Å². The average molecular weight is 452 g/mol. The van der Waals surface area contributed by atoms with Gasteiger partial charge in [0, 0.05) is 18.2 Å². The Kier molecular flexibility index (Phi) is 6.98. The van der Waals surface area contributed by atoms with Crippen LogP contribution in [0.4, 0.5) is 4.39 Å². The molecule has 1 aliphatic rings. The third-order valence-electron chi connectivity index (χ3n) is 5.16. The average Bonchev–Trinajstić information content (AvgIpc) is 3.11. The number of likely N-dealkylation sites (tertiary alicyclic amines) is 1. The van der Waals surface area contributed by atoms with Crippen LogP contribution < -0.4 is 4.74 Å². The number of aryl methyl sites for hydroxylation is 2. The van der Waals surface area contributed by atoms with Crippen molar-refractivity contribution < 1.29 is 31.3 Å². The lowest BCUT2D eigenvalue weighted by Gasteiger charge is -2.19. The predicted molar refractivity (Wildman–Crippen MR) is 113 cm³/mol. The molecule has 0 bridgehead atoms. The van der Waals surface area contributed by atoms with E-state index in [0.29, 0.717) is 24.4 Å². The highest BCUT2D eigenvalue weighted by molar-refractivity contribution is 7.85. The molecule has 0 unspecified atom stereocenters. The van der Waals surface area contributed by atoms with Gasteiger partial charge in [0.05, 0.1) is 26.0 Å². The fourth-order valence-electron chi connectivity index (χ4n) is 3.47. The fraction of sp³-hybridized carbons (Fsp3) is 0.409. The maximum Gasteiger partial charge on any atom is 0.264 e. The minimum absolute atomic E-state index is 0.0539. The topological polar surface area (TPSA) is 82.1 Å². The van der Waals surface area contributed by atoms with Crippen molar-refractivity contribution in [2.45, 2.75) is 32.7 Å². The third-order valence-corrected chi connectivity index (χ3v) is 5.71. The summed E-state index contributed by atoms with van der Waals surface area (Å²) in [4.78, 5) is 14.7. The van der Waals surface area contributed by atoms with Crippen LogP contribution in [0.2, 0.25) is 0 Å². The highest BCUT2D eigenvalue weighted by atomic mass is 32.2. The smallest absolute Gasteiger partial charge is 0.264 e. The second-order valence-corrected chi connectivity index (χ2v) is 9.32. The second-order valence-electron chi connectivity index (χ2n) is 7.68. The lowest BCUT2D eigenvalue weighted by molar-refractivity contribution is 0.0338. The third kappa shape index (κ3) is 5.81. The SMILES string of the molecule is CO[C@@H]1CN(C(=O)c2cc(C)ccc2C)C[C@H]1Oc1ccc(F)c(COS(C)(=O)=O)c1. The largest absolute Gasteiger partial charge is 0.486 e. The zero-order chi connectivity index (χ0) is 22.8. The normalized spacial score (nSPS) is 18.9. The zero-order valence-corrected chi connectivity index (χ0v) is 18.7. The predicted octanol–water partition coefficient (Wildman–Crippen LogP) is 2.84. The van der Waals surface area contributed by atoms with Crippen molar-refractivity contribution in [1.82, 2.24) is 4.90 Å². The van der Waals surface area contributed by atoms with E-state index in [1.54, 1.807) is 12.0 Å². The van der Waals surface area contributed by atoms with Gasteiger partial charge in [0.15, 0.2) is 0 Å². The van der Waals surface area contributed by atoms with Crippen molar-refractivity contribution in [3.05, 3.63) is 64.5 Å². The zero-order valence-electron chi connectivity index (χ0n) is 17.9. The van der Waals surface area contributed by atoms with Crippen molar-refractivity contribution in [3.63, 3.8) is 0 Å². The second kappa shape index (κ2) is 9.33. The molecule has 2 aromatic carbocycles. The van der Waals surface area contributed by atoms with Crippen LogP contribution in [-0.2, 0) is 25.6 Å². The molecular formula is C22H26FNO6S. The maximum atomic E-state index is 14.0. The molecule has 1 heterocycles. The van der Waals surface area contributed by atoms with E-state index in [-0.39, 0.29) is 17.6 Å². The Hall–Kier alpha value is -2.49. The van der Waals surface area contributed by atoms with Gasteiger partial charge in [-0.3, -0.25) is 8.98 Å². The van der Waals surface area contributed by atoms with Gasteiger partial charge in [0.25, 0.3) is 16.0 Å². The molecule has 7 nitrogen and oxygen atoms in total. The van der Waals surface area contributed by atoms with Gasteiger partial charge < -0.3 is 14.4 Å². The summed E-state index contributed by atoms with van der Waals surface area (Å²) in [5, 5.41) is 0. The lowest BCUT2D eigenvalue weighted by Crippen LogP contribution is -2.32. The molecule has 0 aromatic heterocycles. The molecule has 0 N–H and O–H groups in total. The van der Waals surface area contributed by atoms with Crippen LogP contribution in [0.25, 0.3) is 0 Å². The van der Waals surface area contributed by atoms with Crippen molar-refractivity contribution in [2.24, 2.45) is 0 Å². The Bertz CT molecular complexity index is 1070. The number of carbonyl (C=O) groups excluding carboxylic acids is 1. The number of hydrogen-bond donors (Lipinski definition) is 0. The molecule has 0 saturated carbocycles. The van der Waals surface area contributed by atoms with Crippen molar-refractivity contribution in [3.8, 4) is 5.75 Å². The number of amides is 1. The molecule has 1 aliphatic heterocycles. The summed E-state index contributed by atoms with van der Waals surface area (Å²) in [7, 11) is -2.16. The Morgan fingerprint density at radius 3 is 2.52 bits per heavy atom. The number of ether oxygens (including phenoxy) is 2. The van der Waals surface area contributed by atoms with Crippen molar-refractivity contribution >= 4 is 16.0 Å². The van der Waals surface area contributed by atoms with Crippen LogP contribution in [0.3, 0.4) is 0 Å². The number of benzene rings is 2. The van der Waals surface area contributed by atoms with Gasteiger partial charge in [-0.1, -0.05) is 17.7 Å². The van der Waals surface area contributed by atoms with Gasteiger partial charge in [-0.15, -0.1) is 0 Å². The summed E-state index contributed by atoms with van der Waals surface area (Å²) in [5.41, 5.74) is 2.58. The van der Waals surface area contributed by atoms with Gasteiger partial charge in [-0.2, -0.15) is 8.42 Å². The molecule has 0 spiro atoms. The number of rotatable bonds is 7. The van der Waals surface area contributed by atoms with Gasteiger partial charge >= 0.3 is 0 Å². The van der Waals surface area contributed by atoms with E-state index in [1.807, 2.05) is 32.0 Å². The first-order valence-electron chi connectivity index (χ1n) is 9.76. The number of hydrogen-bond acceptors (Lipinski definition) is 6. The minimum atomic E-state index is -3.71. The Labute approximate surface area is 181 Å². The van der Waals surface area contributed by atoms with Crippen molar-refractivity contribution in [2.75, 3.05) is 26.5 Å². The quantitative estimate of drug-likeness (QED) is 0.602. The molecule has 0 aliphatic carbocycles. The molecule has 168 valence electrons. The van der Waals surface area contributed by atoms with Crippen LogP contribution >= 0.6 is 0 Å². The summed E-state index contributed by atoms with van der Waals surface area (Å²) >= 11 is 0. The van der Waals surface area contributed by atoms with E-state index >= 15 is 0 Å². The molecule has 31 heavy (non-hydrogen) atoms. The van der Waals surface area contributed by atoms with Gasteiger partial charge in [0.1, 0.15) is 23.8 Å². The Balaban J connectivity index is 1.74. The molecule has 0 radical (unpaired) electrons. The summed E-state index contributed by atoms with van der Waals surface area (Å²) in [6, 6.07) is 9.76. The summed E-state index contributed by atoms with van der Waals surface area (Å²) < 4.78 is 52.6. The fourth-order valence-corrected chi connectivity index (χ4v) is 3.81. The molecule has 3 rings (SSSR count). The standard InChI is InChI=1S/C22H26FNO6S/c1-14-5-6-15(2)18(9-14)22(25)24-11-20(28-3)21(12-24)30-17-7-8-19(23)16(10-17)13-29-31(4,26)27/h5-10,20-21H,11-13H2,1-4H3/t20-,21-/m1/s1. The minimum Gasteiger partial charge on any atom is -0.486 e. The number of carbonyl (C=O) groups is 1. The molecule has 2 atom stereocenters. The summed E-state index contributed by atoms with van der Waals surface area (Å²) in [5.74, 6) is -0.366. The first-order chi connectivity index (χ1) is 14.6. The summed E-state index contributed by atoms with van der Waals surface area (Å²) in [6.45, 7) is 4.06. The van der Waals surface area contributed by atoms with E-state index in [4.69, 9.17) is 9.47 Å². The molecule has 1 saturated heterocycles. The van der Waals surface area contributed by atoms with E-state index in [1.165, 1.54) is 18.2 Å². The number of halogens is 1. The number of nitrogens with zero attached hydrogens (tertiary/aromatic N) is 1.